The van der Waals surface area contributed by atoms with Crippen molar-refractivity contribution in [2.24, 2.45) is 4.99 Å². The average molecular weight is 394 g/mol. The van der Waals surface area contributed by atoms with Crippen LogP contribution in [0.15, 0.2) is 59.9 Å². The van der Waals surface area contributed by atoms with E-state index < -0.39 is 0 Å². The number of benzene rings is 2. The lowest BCUT2D eigenvalue weighted by Gasteiger charge is -2.14. The van der Waals surface area contributed by atoms with E-state index in [1.165, 1.54) is 0 Å². The molecule has 0 saturated heterocycles. The Kier molecular flexibility index (Phi) is 7.05. The van der Waals surface area contributed by atoms with Crippen LogP contribution in [0.4, 0.5) is 5.69 Å². The minimum absolute atomic E-state index is 0.373. The van der Waals surface area contributed by atoms with Gasteiger partial charge >= 0.3 is 0 Å². The molecule has 0 aliphatic heterocycles. The number of guanidine groups is 1. The van der Waals surface area contributed by atoms with Crippen LogP contribution in [0.25, 0.3) is 5.69 Å². The number of ether oxygens (including phenoxy) is 2. The van der Waals surface area contributed by atoms with Gasteiger partial charge in [0.2, 0.25) is 0 Å². The molecule has 8 nitrogen and oxygen atoms in total. The first-order valence-corrected chi connectivity index (χ1v) is 9.55. The number of rotatable bonds is 8. The average Bonchev–Trinajstić information content (AvgIpc) is 3.22. The predicted octanol–water partition coefficient (Wildman–Crippen LogP) is 3.25. The normalized spacial score (nSPS) is 11.2. The van der Waals surface area contributed by atoms with Gasteiger partial charge in [-0.05, 0) is 38.1 Å². The van der Waals surface area contributed by atoms with Crippen molar-refractivity contribution in [3.05, 3.63) is 60.7 Å². The number of methoxy groups -OCH3 is 1. The van der Waals surface area contributed by atoms with Crippen molar-refractivity contribution in [2.75, 3.05) is 25.6 Å². The van der Waals surface area contributed by atoms with Gasteiger partial charge in [0.1, 0.15) is 12.9 Å². The van der Waals surface area contributed by atoms with E-state index in [0.29, 0.717) is 30.6 Å². The smallest absolute Gasteiger partial charge is 0.196 e. The number of aromatic nitrogens is 3. The van der Waals surface area contributed by atoms with Gasteiger partial charge < -0.3 is 20.1 Å². The van der Waals surface area contributed by atoms with E-state index >= 15 is 0 Å². The van der Waals surface area contributed by atoms with Crippen LogP contribution in [0.3, 0.4) is 0 Å². The molecular weight excluding hydrogens is 368 g/mol. The number of anilines is 1. The van der Waals surface area contributed by atoms with Crippen molar-refractivity contribution in [1.82, 2.24) is 20.1 Å². The van der Waals surface area contributed by atoms with Crippen LogP contribution in [0.2, 0.25) is 0 Å². The SMILES string of the molecule is CCNC(=NCc1nncn1-c1ccccc1)Nc1ccc(OCC)c(OC)c1. The third kappa shape index (κ3) is 5.25. The summed E-state index contributed by atoms with van der Waals surface area (Å²) < 4.78 is 12.9. The molecule has 0 bridgehead atoms. The van der Waals surface area contributed by atoms with Gasteiger partial charge in [0.25, 0.3) is 0 Å². The van der Waals surface area contributed by atoms with Gasteiger partial charge in [0, 0.05) is 24.0 Å². The molecule has 0 fully saturated rings. The highest BCUT2D eigenvalue weighted by Gasteiger charge is 2.09. The lowest BCUT2D eigenvalue weighted by molar-refractivity contribution is 0.311. The van der Waals surface area contributed by atoms with Crippen molar-refractivity contribution in [1.29, 1.82) is 0 Å². The molecule has 0 atom stereocenters. The summed E-state index contributed by atoms with van der Waals surface area (Å²) in [5, 5.41) is 14.8. The second-order valence-corrected chi connectivity index (χ2v) is 6.07. The van der Waals surface area contributed by atoms with E-state index in [1.54, 1.807) is 13.4 Å². The van der Waals surface area contributed by atoms with E-state index in [1.807, 2.05) is 66.9 Å². The maximum Gasteiger partial charge on any atom is 0.196 e. The Labute approximate surface area is 170 Å². The molecule has 0 radical (unpaired) electrons. The van der Waals surface area contributed by atoms with E-state index in [4.69, 9.17) is 9.47 Å². The topological polar surface area (TPSA) is 85.6 Å². The summed E-state index contributed by atoms with van der Waals surface area (Å²) in [5.41, 5.74) is 1.84. The van der Waals surface area contributed by atoms with Crippen molar-refractivity contribution in [2.45, 2.75) is 20.4 Å². The Balaban J connectivity index is 1.77. The highest BCUT2D eigenvalue weighted by atomic mass is 16.5. The summed E-state index contributed by atoms with van der Waals surface area (Å²) in [5.74, 6) is 2.76. The molecule has 0 spiro atoms. The molecule has 2 aromatic carbocycles. The zero-order chi connectivity index (χ0) is 20.5. The highest BCUT2D eigenvalue weighted by molar-refractivity contribution is 5.93. The standard InChI is InChI=1S/C21H26N6O2/c1-4-22-21(25-16-11-12-18(29-5-2)19(13-16)28-3)23-14-20-26-24-15-27(20)17-9-7-6-8-10-17/h6-13,15H,4-5,14H2,1-3H3,(H2,22,23,25). The summed E-state index contributed by atoms with van der Waals surface area (Å²) in [6, 6.07) is 15.6. The summed E-state index contributed by atoms with van der Waals surface area (Å²) in [6.45, 7) is 5.64. The van der Waals surface area contributed by atoms with Gasteiger partial charge in [-0.25, -0.2) is 4.99 Å². The Morgan fingerprint density at radius 1 is 1.10 bits per heavy atom. The summed E-state index contributed by atoms with van der Waals surface area (Å²) in [7, 11) is 1.62. The van der Waals surface area contributed by atoms with Crippen LogP contribution < -0.4 is 20.1 Å². The van der Waals surface area contributed by atoms with Crippen molar-refractivity contribution >= 4 is 11.6 Å². The zero-order valence-electron chi connectivity index (χ0n) is 16.9. The Hall–Kier alpha value is -3.55. The first-order chi connectivity index (χ1) is 14.2. The van der Waals surface area contributed by atoms with Crippen molar-refractivity contribution in [3.8, 4) is 17.2 Å². The molecule has 1 aromatic heterocycles. The maximum atomic E-state index is 5.57. The van der Waals surface area contributed by atoms with E-state index in [0.717, 1.165) is 23.7 Å². The molecule has 0 aliphatic carbocycles. The Morgan fingerprint density at radius 2 is 1.93 bits per heavy atom. The van der Waals surface area contributed by atoms with E-state index in [9.17, 15) is 0 Å². The third-order valence-electron chi connectivity index (χ3n) is 4.10. The minimum Gasteiger partial charge on any atom is -0.493 e. The van der Waals surface area contributed by atoms with Crippen LogP contribution in [0.5, 0.6) is 11.5 Å². The Morgan fingerprint density at radius 3 is 2.66 bits per heavy atom. The van der Waals surface area contributed by atoms with Gasteiger partial charge in [0.05, 0.1) is 13.7 Å². The zero-order valence-corrected chi connectivity index (χ0v) is 16.9. The maximum absolute atomic E-state index is 5.57. The van der Waals surface area contributed by atoms with Crippen LogP contribution >= 0.6 is 0 Å². The molecule has 152 valence electrons. The molecule has 8 heteroatoms. The number of para-hydroxylation sites is 1. The molecule has 1 heterocycles. The number of nitrogens with zero attached hydrogens (tertiary/aromatic N) is 4. The van der Waals surface area contributed by atoms with Gasteiger partial charge in [-0.3, -0.25) is 4.57 Å². The minimum atomic E-state index is 0.373. The van der Waals surface area contributed by atoms with Crippen LogP contribution in [-0.4, -0.2) is 41.0 Å². The summed E-state index contributed by atoms with van der Waals surface area (Å²) in [4.78, 5) is 4.65. The van der Waals surface area contributed by atoms with Crippen LogP contribution in [0, 0.1) is 0 Å². The second-order valence-electron chi connectivity index (χ2n) is 6.07. The number of aliphatic imine (C=N–C) groups is 1. The monoisotopic (exact) mass is 394 g/mol. The predicted molar refractivity (Wildman–Crippen MR) is 114 cm³/mol. The van der Waals surface area contributed by atoms with Crippen LogP contribution in [0.1, 0.15) is 19.7 Å². The molecular formula is C21H26N6O2. The summed E-state index contributed by atoms with van der Waals surface area (Å²) in [6.07, 6.45) is 1.69. The summed E-state index contributed by atoms with van der Waals surface area (Å²) >= 11 is 0. The lowest BCUT2D eigenvalue weighted by Crippen LogP contribution is -2.30. The molecule has 0 amide bonds. The van der Waals surface area contributed by atoms with E-state index in [-0.39, 0.29) is 0 Å². The van der Waals surface area contributed by atoms with Gasteiger partial charge in [-0.1, -0.05) is 18.2 Å². The van der Waals surface area contributed by atoms with Crippen LogP contribution in [-0.2, 0) is 6.54 Å². The number of nitrogens with one attached hydrogen (secondary N) is 2. The first-order valence-electron chi connectivity index (χ1n) is 9.55. The molecule has 3 rings (SSSR count). The fourth-order valence-corrected chi connectivity index (χ4v) is 2.78. The van der Waals surface area contributed by atoms with Gasteiger partial charge in [-0.15, -0.1) is 10.2 Å². The molecule has 0 saturated carbocycles. The molecule has 29 heavy (non-hydrogen) atoms. The molecule has 3 aromatic rings. The van der Waals surface area contributed by atoms with Crippen molar-refractivity contribution in [3.63, 3.8) is 0 Å². The van der Waals surface area contributed by atoms with Crippen molar-refractivity contribution < 1.29 is 9.47 Å². The fourth-order valence-electron chi connectivity index (χ4n) is 2.78. The lowest BCUT2D eigenvalue weighted by atomic mass is 10.2. The fraction of sp³-hybridized carbons (Fsp3) is 0.286. The number of hydrogen-bond acceptors (Lipinski definition) is 5. The quantitative estimate of drug-likeness (QED) is 0.451. The van der Waals surface area contributed by atoms with Gasteiger partial charge in [0.15, 0.2) is 23.3 Å². The molecule has 2 N–H and O–H groups in total. The largest absolute Gasteiger partial charge is 0.493 e. The Bertz CT molecular complexity index is 939. The third-order valence-corrected chi connectivity index (χ3v) is 4.10. The second kappa shape index (κ2) is 10.1. The van der Waals surface area contributed by atoms with E-state index in [2.05, 4.69) is 25.8 Å². The molecule has 0 aliphatic rings. The highest BCUT2D eigenvalue weighted by Crippen LogP contribution is 2.30. The first kappa shape index (κ1) is 20.2. The van der Waals surface area contributed by atoms with Gasteiger partial charge in [-0.2, -0.15) is 0 Å². The number of hydrogen-bond donors (Lipinski definition) is 2. The molecule has 0 unspecified atom stereocenters.